The van der Waals surface area contributed by atoms with Crippen molar-refractivity contribution in [1.82, 2.24) is 0 Å². The van der Waals surface area contributed by atoms with Crippen LogP contribution in [0.3, 0.4) is 0 Å². The van der Waals surface area contributed by atoms with Crippen LogP contribution < -0.4 is 0 Å². The van der Waals surface area contributed by atoms with Crippen molar-refractivity contribution in [3.63, 3.8) is 0 Å². The van der Waals surface area contributed by atoms with E-state index in [9.17, 15) is 0 Å². The van der Waals surface area contributed by atoms with Crippen LogP contribution >= 0.6 is 0 Å². The van der Waals surface area contributed by atoms with Crippen molar-refractivity contribution in [2.24, 2.45) is 22.7 Å². The first kappa shape index (κ1) is 8.59. The van der Waals surface area contributed by atoms with Gasteiger partial charge in [-0.25, -0.2) is 0 Å². The van der Waals surface area contributed by atoms with Gasteiger partial charge in [-0.1, -0.05) is 27.7 Å². The Bertz CT molecular complexity index is 166. The minimum atomic E-state index is 0.719. The van der Waals surface area contributed by atoms with E-state index >= 15 is 0 Å². The summed E-state index contributed by atoms with van der Waals surface area (Å²) in [4.78, 5) is 0. The first-order valence-corrected chi connectivity index (χ1v) is 5.51. The SMILES string of the molecule is CC(C)C1(C(C)C)CC2(CC2)C1. The zero-order valence-corrected chi connectivity index (χ0v) is 8.98. The predicted molar refractivity (Wildman–Crippen MR) is 53.0 cm³/mol. The third-order valence-corrected chi connectivity index (χ3v) is 4.67. The summed E-state index contributed by atoms with van der Waals surface area (Å²) >= 11 is 0. The fourth-order valence-electron chi connectivity index (χ4n) is 3.36. The number of hydrogen-bond acceptors (Lipinski definition) is 0. The lowest BCUT2D eigenvalue weighted by atomic mass is 9.50. The molecule has 2 fully saturated rings. The fourth-order valence-corrected chi connectivity index (χ4v) is 3.36. The van der Waals surface area contributed by atoms with Gasteiger partial charge in [-0.3, -0.25) is 0 Å². The van der Waals surface area contributed by atoms with E-state index in [1.807, 2.05) is 0 Å². The molecule has 2 aliphatic carbocycles. The highest BCUT2D eigenvalue weighted by molar-refractivity contribution is 5.12. The molecule has 0 nitrogen and oxygen atoms in total. The van der Waals surface area contributed by atoms with Gasteiger partial charge in [0.2, 0.25) is 0 Å². The van der Waals surface area contributed by atoms with Gasteiger partial charge in [-0.05, 0) is 48.3 Å². The van der Waals surface area contributed by atoms with Crippen molar-refractivity contribution in [1.29, 1.82) is 0 Å². The predicted octanol–water partition coefficient (Wildman–Crippen LogP) is 3.86. The zero-order valence-electron chi connectivity index (χ0n) is 8.98. The summed E-state index contributed by atoms with van der Waals surface area (Å²) in [5.41, 5.74) is 1.59. The van der Waals surface area contributed by atoms with Gasteiger partial charge in [0.05, 0.1) is 0 Å². The lowest BCUT2D eigenvalue weighted by Gasteiger charge is -2.55. The molecular formula is C12H22. The Morgan fingerprint density at radius 1 is 0.833 bits per heavy atom. The molecule has 0 unspecified atom stereocenters. The molecule has 1 spiro atoms. The lowest BCUT2D eigenvalue weighted by molar-refractivity contribution is -0.0536. The number of hydrogen-bond donors (Lipinski definition) is 0. The van der Waals surface area contributed by atoms with Crippen molar-refractivity contribution in [2.45, 2.75) is 53.4 Å². The summed E-state index contributed by atoms with van der Waals surface area (Å²) in [6, 6.07) is 0. The van der Waals surface area contributed by atoms with Crippen molar-refractivity contribution in [2.75, 3.05) is 0 Å². The first-order chi connectivity index (χ1) is 5.51. The Labute approximate surface area is 76.7 Å². The van der Waals surface area contributed by atoms with Crippen LogP contribution in [-0.2, 0) is 0 Å². The highest BCUT2D eigenvalue weighted by Gasteiger charge is 2.62. The van der Waals surface area contributed by atoms with E-state index in [1.54, 1.807) is 0 Å². The van der Waals surface area contributed by atoms with Gasteiger partial charge < -0.3 is 0 Å². The van der Waals surface area contributed by atoms with Gasteiger partial charge in [-0.15, -0.1) is 0 Å². The average molecular weight is 166 g/mol. The quantitative estimate of drug-likeness (QED) is 0.584. The average Bonchev–Trinajstić information content (AvgIpc) is 2.59. The Morgan fingerprint density at radius 3 is 1.50 bits per heavy atom. The monoisotopic (exact) mass is 166 g/mol. The third kappa shape index (κ3) is 0.963. The molecular weight excluding hydrogens is 144 g/mol. The van der Waals surface area contributed by atoms with Crippen molar-refractivity contribution in [3.8, 4) is 0 Å². The van der Waals surface area contributed by atoms with Crippen molar-refractivity contribution in [3.05, 3.63) is 0 Å². The zero-order chi connectivity index (χ0) is 8.98. The molecule has 0 bridgehead atoms. The molecule has 2 saturated carbocycles. The van der Waals surface area contributed by atoms with E-state index in [-0.39, 0.29) is 0 Å². The largest absolute Gasteiger partial charge is 0.0622 e. The van der Waals surface area contributed by atoms with E-state index in [1.165, 1.54) is 25.7 Å². The molecule has 12 heavy (non-hydrogen) atoms. The molecule has 70 valence electrons. The molecule has 0 aromatic heterocycles. The summed E-state index contributed by atoms with van der Waals surface area (Å²) < 4.78 is 0. The highest BCUT2D eigenvalue weighted by Crippen LogP contribution is 2.72. The second-order valence-corrected chi connectivity index (χ2v) is 5.90. The normalized spacial score (nSPS) is 29.5. The van der Waals surface area contributed by atoms with Gasteiger partial charge in [0.1, 0.15) is 0 Å². The Hall–Kier alpha value is 0. The van der Waals surface area contributed by atoms with Gasteiger partial charge in [-0.2, -0.15) is 0 Å². The van der Waals surface area contributed by atoms with E-state index in [2.05, 4.69) is 27.7 Å². The molecule has 0 heterocycles. The Morgan fingerprint density at radius 2 is 1.25 bits per heavy atom. The summed E-state index contributed by atoms with van der Waals surface area (Å²) in [6.45, 7) is 9.65. The second kappa shape index (κ2) is 2.27. The molecule has 0 aliphatic heterocycles. The van der Waals surface area contributed by atoms with Crippen LogP contribution in [0.25, 0.3) is 0 Å². The van der Waals surface area contributed by atoms with Crippen LogP contribution in [0.15, 0.2) is 0 Å². The summed E-state index contributed by atoms with van der Waals surface area (Å²) in [5, 5.41) is 0. The molecule has 2 rings (SSSR count). The van der Waals surface area contributed by atoms with Crippen molar-refractivity contribution < 1.29 is 0 Å². The standard InChI is InChI=1S/C12H22/c1-9(2)12(10(3)4)7-11(8-12)5-6-11/h9-10H,5-8H2,1-4H3. The van der Waals surface area contributed by atoms with E-state index < -0.39 is 0 Å². The molecule has 2 aliphatic rings. The molecule has 0 amide bonds. The molecule has 0 radical (unpaired) electrons. The van der Waals surface area contributed by atoms with Crippen LogP contribution in [-0.4, -0.2) is 0 Å². The van der Waals surface area contributed by atoms with Crippen LogP contribution in [0.5, 0.6) is 0 Å². The van der Waals surface area contributed by atoms with Gasteiger partial charge >= 0.3 is 0 Å². The minimum Gasteiger partial charge on any atom is -0.0622 e. The van der Waals surface area contributed by atoms with Gasteiger partial charge in [0, 0.05) is 0 Å². The molecule has 0 aromatic rings. The van der Waals surface area contributed by atoms with Crippen LogP contribution in [0.1, 0.15) is 53.4 Å². The maximum Gasteiger partial charge on any atom is -0.0241 e. The van der Waals surface area contributed by atoms with Gasteiger partial charge in [0.25, 0.3) is 0 Å². The summed E-state index contributed by atoms with van der Waals surface area (Å²) in [6.07, 6.45) is 6.15. The van der Waals surface area contributed by atoms with Crippen LogP contribution in [0, 0.1) is 22.7 Å². The molecule has 0 N–H and O–H groups in total. The maximum atomic E-state index is 2.41. The fraction of sp³-hybridized carbons (Fsp3) is 1.00. The van der Waals surface area contributed by atoms with Crippen LogP contribution in [0.2, 0.25) is 0 Å². The summed E-state index contributed by atoms with van der Waals surface area (Å²) in [7, 11) is 0. The van der Waals surface area contributed by atoms with E-state index in [0.29, 0.717) is 0 Å². The molecule has 0 aromatic carbocycles. The molecule has 0 heteroatoms. The van der Waals surface area contributed by atoms with Gasteiger partial charge in [0.15, 0.2) is 0 Å². The molecule has 0 atom stereocenters. The second-order valence-electron chi connectivity index (χ2n) is 5.90. The third-order valence-electron chi connectivity index (χ3n) is 4.67. The van der Waals surface area contributed by atoms with Crippen molar-refractivity contribution >= 4 is 0 Å². The summed E-state index contributed by atoms with van der Waals surface area (Å²) in [5.74, 6) is 1.78. The Balaban J connectivity index is 2.06. The minimum absolute atomic E-state index is 0.719. The number of rotatable bonds is 2. The van der Waals surface area contributed by atoms with Crippen LogP contribution in [0.4, 0.5) is 0 Å². The Kier molecular flexibility index (Phi) is 1.63. The maximum absolute atomic E-state index is 2.41. The highest BCUT2D eigenvalue weighted by atomic mass is 14.7. The topological polar surface area (TPSA) is 0 Å². The smallest absolute Gasteiger partial charge is 0.0241 e. The lowest BCUT2D eigenvalue weighted by Crippen LogP contribution is -2.46. The van der Waals surface area contributed by atoms with E-state index in [0.717, 1.165) is 22.7 Å². The van der Waals surface area contributed by atoms with E-state index in [4.69, 9.17) is 0 Å². The first-order valence-electron chi connectivity index (χ1n) is 5.51. The molecule has 0 saturated heterocycles.